The molecule has 160 valence electrons. The van der Waals surface area contributed by atoms with Crippen molar-refractivity contribution in [2.75, 3.05) is 20.3 Å². The number of ether oxygens (including phenoxy) is 2. The lowest BCUT2D eigenvalue weighted by molar-refractivity contribution is -0.141. The van der Waals surface area contributed by atoms with Gasteiger partial charge in [-0.2, -0.15) is 0 Å². The molecule has 2 aromatic rings. The third-order valence-corrected chi connectivity index (χ3v) is 4.88. The van der Waals surface area contributed by atoms with Crippen LogP contribution in [-0.2, 0) is 25.7 Å². The molecule has 1 heterocycles. The van der Waals surface area contributed by atoms with E-state index in [1.165, 1.54) is 4.90 Å². The lowest BCUT2D eigenvalue weighted by Crippen LogP contribution is -2.36. The molecule has 1 atom stereocenters. The van der Waals surface area contributed by atoms with Crippen molar-refractivity contribution in [1.82, 2.24) is 4.90 Å². The van der Waals surface area contributed by atoms with Gasteiger partial charge in [-0.15, -0.1) is 0 Å². The summed E-state index contributed by atoms with van der Waals surface area (Å²) < 4.78 is 10.6. The Bertz CT molecular complexity index is 849. The predicted octanol–water partition coefficient (Wildman–Crippen LogP) is 4.96. The van der Waals surface area contributed by atoms with Crippen LogP contribution in [0.1, 0.15) is 37.3 Å². The summed E-state index contributed by atoms with van der Waals surface area (Å²) in [5.74, 6) is -0.859. The molecule has 1 aliphatic rings. The number of methoxy groups -OCH3 is 1. The van der Waals surface area contributed by atoms with E-state index in [1.54, 1.807) is 25.4 Å². The predicted molar refractivity (Wildman–Crippen MR) is 118 cm³/mol. The van der Waals surface area contributed by atoms with Crippen LogP contribution in [0.2, 0.25) is 5.02 Å². The van der Waals surface area contributed by atoms with Gasteiger partial charge in [0.05, 0.1) is 12.2 Å². The molecule has 0 saturated heterocycles. The minimum Gasteiger partial charge on any atom is -0.457 e. The molecule has 6 heteroatoms. The number of esters is 1. The Hall–Kier alpha value is -2.63. The van der Waals surface area contributed by atoms with Gasteiger partial charge in [0.2, 0.25) is 5.91 Å². The van der Waals surface area contributed by atoms with Crippen molar-refractivity contribution >= 4 is 23.5 Å². The summed E-state index contributed by atoms with van der Waals surface area (Å²) in [7, 11) is 1.57. The minimum absolute atomic E-state index is 0.0587. The number of carbonyl (C=O) groups is 2. The third-order valence-electron chi connectivity index (χ3n) is 4.63. The van der Waals surface area contributed by atoms with Crippen molar-refractivity contribution in [3.8, 4) is 0 Å². The summed E-state index contributed by atoms with van der Waals surface area (Å²) in [6, 6.07) is 16.7. The van der Waals surface area contributed by atoms with Crippen molar-refractivity contribution in [2.45, 2.75) is 32.8 Å². The molecular formula is C24H28ClNO4. The quantitative estimate of drug-likeness (QED) is 0.584. The molecule has 1 aliphatic heterocycles. The first-order valence-electron chi connectivity index (χ1n) is 10.0. The van der Waals surface area contributed by atoms with E-state index in [-0.39, 0.29) is 24.9 Å². The first-order valence-corrected chi connectivity index (χ1v) is 10.4. The van der Waals surface area contributed by atoms with Crippen LogP contribution >= 0.6 is 11.6 Å². The molecule has 0 spiro atoms. The van der Waals surface area contributed by atoms with Gasteiger partial charge in [0, 0.05) is 37.2 Å². The van der Waals surface area contributed by atoms with Crippen LogP contribution in [0.4, 0.5) is 0 Å². The SMILES string of the molecule is CC.COCCN1C=C(C(=O)OCc2ccccc2)C(c2ccc(Cl)cc2)CC1=O. The standard InChI is InChI=1S/C22H22ClNO4.C2H6/c1-27-12-11-24-14-20(22(26)28-15-16-5-3-2-4-6-16)19(13-21(24)25)17-7-9-18(23)10-8-17;1-2/h2-10,14,19H,11-13,15H2,1H3;1-2H3. The van der Waals surface area contributed by atoms with Crippen LogP contribution in [0, 0.1) is 0 Å². The van der Waals surface area contributed by atoms with E-state index < -0.39 is 5.97 Å². The van der Waals surface area contributed by atoms with Gasteiger partial charge < -0.3 is 14.4 Å². The zero-order chi connectivity index (χ0) is 21.9. The van der Waals surface area contributed by atoms with Gasteiger partial charge in [-0.3, -0.25) is 4.79 Å². The lowest BCUT2D eigenvalue weighted by atomic mass is 9.86. The minimum atomic E-state index is -0.432. The highest BCUT2D eigenvalue weighted by Crippen LogP contribution is 2.34. The Labute approximate surface area is 183 Å². The van der Waals surface area contributed by atoms with Crippen LogP contribution in [-0.4, -0.2) is 37.0 Å². The maximum Gasteiger partial charge on any atom is 0.336 e. The van der Waals surface area contributed by atoms with Crippen LogP contribution < -0.4 is 0 Å². The van der Waals surface area contributed by atoms with Crippen molar-refractivity contribution in [2.24, 2.45) is 0 Å². The van der Waals surface area contributed by atoms with Gasteiger partial charge in [0.25, 0.3) is 0 Å². The second kappa shape index (κ2) is 12.2. The molecule has 1 amide bonds. The van der Waals surface area contributed by atoms with Crippen molar-refractivity contribution in [3.63, 3.8) is 0 Å². The average molecular weight is 430 g/mol. The smallest absolute Gasteiger partial charge is 0.336 e. The van der Waals surface area contributed by atoms with E-state index >= 15 is 0 Å². The molecule has 0 radical (unpaired) electrons. The van der Waals surface area contributed by atoms with Crippen LogP contribution in [0.3, 0.4) is 0 Å². The number of amides is 1. The summed E-state index contributed by atoms with van der Waals surface area (Å²) in [6.45, 7) is 4.95. The van der Waals surface area contributed by atoms with Gasteiger partial charge in [-0.25, -0.2) is 4.79 Å². The normalized spacial score (nSPS) is 15.7. The van der Waals surface area contributed by atoms with Crippen LogP contribution in [0.25, 0.3) is 0 Å². The Kier molecular flexibility index (Phi) is 9.58. The fourth-order valence-corrected chi connectivity index (χ4v) is 3.23. The summed E-state index contributed by atoms with van der Waals surface area (Å²) in [5.41, 5.74) is 2.21. The highest BCUT2D eigenvalue weighted by molar-refractivity contribution is 6.30. The van der Waals surface area contributed by atoms with Crippen LogP contribution in [0.5, 0.6) is 0 Å². The second-order valence-electron chi connectivity index (χ2n) is 6.53. The molecule has 0 bridgehead atoms. The highest BCUT2D eigenvalue weighted by atomic mass is 35.5. The Morgan fingerprint density at radius 2 is 1.77 bits per heavy atom. The molecule has 0 N–H and O–H groups in total. The summed E-state index contributed by atoms with van der Waals surface area (Å²) in [6.07, 6.45) is 1.79. The number of halogens is 1. The fraction of sp³-hybridized carbons (Fsp3) is 0.333. The van der Waals surface area contributed by atoms with Crippen molar-refractivity contribution in [3.05, 3.63) is 82.5 Å². The van der Waals surface area contributed by atoms with E-state index in [2.05, 4.69) is 0 Å². The van der Waals surface area contributed by atoms with Crippen molar-refractivity contribution < 1.29 is 19.1 Å². The van der Waals surface area contributed by atoms with E-state index in [0.29, 0.717) is 23.7 Å². The Morgan fingerprint density at radius 3 is 2.40 bits per heavy atom. The molecule has 1 unspecified atom stereocenters. The molecule has 0 aromatic heterocycles. The summed E-state index contributed by atoms with van der Waals surface area (Å²) in [4.78, 5) is 26.9. The van der Waals surface area contributed by atoms with E-state index in [4.69, 9.17) is 21.1 Å². The second-order valence-corrected chi connectivity index (χ2v) is 6.97. The first-order chi connectivity index (χ1) is 14.6. The largest absolute Gasteiger partial charge is 0.457 e. The van der Waals surface area contributed by atoms with Gasteiger partial charge in [0.1, 0.15) is 6.61 Å². The molecule has 5 nitrogen and oxygen atoms in total. The maximum atomic E-state index is 12.9. The molecular weight excluding hydrogens is 402 g/mol. The molecule has 0 saturated carbocycles. The number of benzene rings is 2. The van der Waals surface area contributed by atoms with Gasteiger partial charge in [-0.05, 0) is 23.3 Å². The molecule has 0 aliphatic carbocycles. The molecule has 3 rings (SSSR count). The monoisotopic (exact) mass is 429 g/mol. The van der Waals surface area contributed by atoms with Crippen molar-refractivity contribution in [1.29, 1.82) is 0 Å². The van der Waals surface area contributed by atoms with Gasteiger partial charge in [0.15, 0.2) is 0 Å². The zero-order valence-electron chi connectivity index (χ0n) is 17.6. The number of hydrogen-bond acceptors (Lipinski definition) is 4. The molecule has 0 fully saturated rings. The van der Waals surface area contributed by atoms with E-state index in [9.17, 15) is 9.59 Å². The average Bonchev–Trinajstić information content (AvgIpc) is 2.79. The number of hydrogen-bond donors (Lipinski definition) is 0. The molecule has 30 heavy (non-hydrogen) atoms. The number of carbonyl (C=O) groups excluding carboxylic acids is 2. The van der Waals surface area contributed by atoms with Crippen LogP contribution in [0.15, 0.2) is 66.4 Å². The Morgan fingerprint density at radius 1 is 1.10 bits per heavy atom. The zero-order valence-corrected chi connectivity index (χ0v) is 18.4. The number of nitrogens with zero attached hydrogens (tertiary/aromatic N) is 1. The lowest BCUT2D eigenvalue weighted by Gasteiger charge is -2.30. The molecule has 2 aromatic carbocycles. The third kappa shape index (κ3) is 6.44. The summed E-state index contributed by atoms with van der Waals surface area (Å²) in [5, 5.41) is 0.602. The first kappa shape index (κ1) is 23.6. The maximum absolute atomic E-state index is 12.9. The van der Waals surface area contributed by atoms with E-state index in [0.717, 1.165) is 11.1 Å². The van der Waals surface area contributed by atoms with E-state index in [1.807, 2.05) is 56.3 Å². The summed E-state index contributed by atoms with van der Waals surface area (Å²) >= 11 is 5.98. The van der Waals surface area contributed by atoms with Gasteiger partial charge >= 0.3 is 5.97 Å². The topological polar surface area (TPSA) is 55.8 Å². The highest BCUT2D eigenvalue weighted by Gasteiger charge is 2.33. The number of rotatable bonds is 7. The fourth-order valence-electron chi connectivity index (χ4n) is 3.10. The van der Waals surface area contributed by atoms with Gasteiger partial charge in [-0.1, -0.05) is 67.9 Å². The Balaban J connectivity index is 0.00000155.